The highest BCUT2D eigenvalue weighted by atomic mass is 32.2. The first-order valence-electron chi connectivity index (χ1n) is 5.72. The van der Waals surface area contributed by atoms with E-state index < -0.39 is 9.84 Å². The quantitative estimate of drug-likeness (QED) is 0.723. The summed E-state index contributed by atoms with van der Waals surface area (Å²) < 4.78 is 22.4. The zero-order valence-corrected chi connectivity index (χ0v) is 10.8. The first-order valence-corrected chi connectivity index (χ1v) is 7.54. The Labute approximate surface area is 103 Å². The molecule has 2 N–H and O–H groups in total. The molecule has 0 fully saturated rings. The van der Waals surface area contributed by atoms with Crippen molar-refractivity contribution in [3.8, 4) is 5.75 Å². The summed E-state index contributed by atoms with van der Waals surface area (Å²) in [6, 6.07) is 6.95. The van der Waals surface area contributed by atoms with Gasteiger partial charge < -0.3 is 10.4 Å². The summed E-state index contributed by atoms with van der Waals surface area (Å²) in [5.41, 5.74) is 1.07. The molecule has 4 nitrogen and oxygen atoms in total. The highest BCUT2D eigenvalue weighted by Gasteiger charge is 2.05. The summed E-state index contributed by atoms with van der Waals surface area (Å²) in [5, 5.41) is 12.3. The molecular formula is C12H19NO3S. The molecule has 96 valence electrons. The fraction of sp³-hybridized carbons (Fsp3) is 0.500. The number of sulfone groups is 1. The number of phenols is 1. The lowest BCUT2D eigenvalue weighted by atomic mass is 10.2. The lowest BCUT2D eigenvalue weighted by Gasteiger charge is -2.05. The number of rotatable bonds is 7. The lowest BCUT2D eigenvalue weighted by molar-refractivity contribution is 0.475. The van der Waals surface area contributed by atoms with Crippen LogP contribution >= 0.6 is 0 Å². The Kier molecular flexibility index (Phi) is 5.44. The number of benzene rings is 1. The molecule has 0 aromatic heterocycles. The topological polar surface area (TPSA) is 66.4 Å². The van der Waals surface area contributed by atoms with Gasteiger partial charge in [-0.25, -0.2) is 8.42 Å². The van der Waals surface area contributed by atoms with E-state index in [2.05, 4.69) is 5.32 Å². The van der Waals surface area contributed by atoms with Gasteiger partial charge in [-0.05, 0) is 30.7 Å². The normalized spacial score (nSPS) is 11.6. The number of nitrogens with one attached hydrogen (secondary N) is 1. The van der Waals surface area contributed by atoms with Crippen LogP contribution in [0.3, 0.4) is 0 Å². The van der Waals surface area contributed by atoms with Crippen LogP contribution in [0.2, 0.25) is 0 Å². The number of aromatic hydroxyl groups is 1. The van der Waals surface area contributed by atoms with Crippen LogP contribution in [-0.4, -0.2) is 31.6 Å². The number of phenolic OH excluding ortho intramolecular Hbond substituents is 1. The molecule has 0 aliphatic rings. The second-order valence-corrected chi connectivity index (χ2v) is 6.41. The molecule has 0 bridgehead atoms. The monoisotopic (exact) mass is 257 g/mol. The van der Waals surface area contributed by atoms with Crippen LogP contribution in [0, 0.1) is 0 Å². The largest absolute Gasteiger partial charge is 0.508 e. The molecule has 17 heavy (non-hydrogen) atoms. The minimum atomic E-state index is -2.84. The van der Waals surface area contributed by atoms with Crippen molar-refractivity contribution in [3.63, 3.8) is 0 Å². The second-order valence-electron chi connectivity index (χ2n) is 3.93. The molecule has 1 aromatic carbocycles. The van der Waals surface area contributed by atoms with Crippen molar-refractivity contribution in [2.75, 3.05) is 18.1 Å². The van der Waals surface area contributed by atoms with Crippen LogP contribution in [0.4, 0.5) is 0 Å². The third kappa shape index (κ3) is 5.70. The van der Waals surface area contributed by atoms with E-state index in [1.807, 2.05) is 12.1 Å². The third-order valence-corrected chi connectivity index (χ3v) is 4.30. The van der Waals surface area contributed by atoms with E-state index in [1.54, 1.807) is 19.1 Å². The SMILES string of the molecule is CCS(=O)(=O)CCCNCc1ccc(O)cc1. The molecule has 0 aliphatic heterocycles. The smallest absolute Gasteiger partial charge is 0.150 e. The van der Waals surface area contributed by atoms with E-state index >= 15 is 0 Å². The van der Waals surface area contributed by atoms with Crippen molar-refractivity contribution in [1.29, 1.82) is 0 Å². The van der Waals surface area contributed by atoms with Crippen LogP contribution in [0.25, 0.3) is 0 Å². The first kappa shape index (κ1) is 14.0. The Bertz CT molecular complexity index is 426. The maximum absolute atomic E-state index is 11.2. The second kappa shape index (κ2) is 6.61. The summed E-state index contributed by atoms with van der Waals surface area (Å²) in [6.07, 6.45) is 0.633. The Morgan fingerprint density at radius 3 is 2.47 bits per heavy atom. The summed E-state index contributed by atoms with van der Waals surface area (Å²) in [5.74, 6) is 0.708. The van der Waals surface area contributed by atoms with E-state index in [4.69, 9.17) is 5.11 Å². The highest BCUT2D eigenvalue weighted by Crippen LogP contribution is 2.09. The molecule has 1 aromatic rings. The molecule has 0 heterocycles. The predicted molar refractivity (Wildman–Crippen MR) is 68.8 cm³/mol. The average molecular weight is 257 g/mol. The molecule has 0 amide bonds. The molecule has 0 saturated carbocycles. The van der Waals surface area contributed by atoms with Crippen molar-refractivity contribution >= 4 is 9.84 Å². The molecule has 0 spiro atoms. The van der Waals surface area contributed by atoms with Gasteiger partial charge in [0.15, 0.2) is 0 Å². The van der Waals surface area contributed by atoms with Crippen LogP contribution in [0.1, 0.15) is 18.9 Å². The van der Waals surface area contributed by atoms with Gasteiger partial charge in [0.2, 0.25) is 0 Å². The Hall–Kier alpha value is -1.07. The van der Waals surface area contributed by atoms with Gasteiger partial charge in [-0.2, -0.15) is 0 Å². The number of hydrogen-bond acceptors (Lipinski definition) is 4. The van der Waals surface area contributed by atoms with Gasteiger partial charge in [0, 0.05) is 12.3 Å². The molecule has 0 atom stereocenters. The van der Waals surface area contributed by atoms with Crippen LogP contribution in [0.5, 0.6) is 5.75 Å². The predicted octanol–water partition coefficient (Wildman–Crippen LogP) is 1.31. The molecule has 1 rings (SSSR count). The first-order chi connectivity index (χ1) is 8.03. The van der Waals surface area contributed by atoms with Gasteiger partial charge in [-0.3, -0.25) is 0 Å². The fourth-order valence-corrected chi connectivity index (χ4v) is 2.28. The maximum Gasteiger partial charge on any atom is 0.150 e. The van der Waals surface area contributed by atoms with Gasteiger partial charge in [0.05, 0.1) is 5.75 Å². The van der Waals surface area contributed by atoms with E-state index in [-0.39, 0.29) is 17.3 Å². The average Bonchev–Trinajstić information content (AvgIpc) is 2.31. The zero-order valence-electron chi connectivity index (χ0n) is 10.0. The molecule has 0 aliphatic carbocycles. The third-order valence-electron chi connectivity index (χ3n) is 2.51. The summed E-state index contributed by atoms with van der Waals surface area (Å²) in [6.45, 7) is 3.03. The summed E-state index contributed by atoms with van der Waals surface area (Å²) in [4.78, 5) is 0. The van der Waals surface area contributed by atoms with Crippen molar-refractivity contribution in [2.45, 2.75) is 19.9 Å². The Morgan fingerprint density at radius 2 is 1.88 bits per heavy atom. The van der Waals surface area contributed by atoms with Gasteiger partial charge in [0.25, 0.3) is 0 Å². The minimum Gasteiger partial charge on any atom is -0.508 e. The summed E-state index contributed by atoms with van der Waals surface area (Å²) in [7, 11) is -2.84. The van der Waals surface area contributed by atoms with Crippen LogP contribution in [0.15, 0.2) is 24.3 Å². The minimum absolute atomic E-state index is 0.213. The highest BCUT2D eigenvalue weighted by molar-refractivity contribution is 7.91. The molecular weight excluding hydrogens is 238 g/mol. The zero-order chi connectivity index (χ0) is 12.7. The van der Waals surface area contributed by atoms with E-state index in [1.165, 1.54) is 0 Å². The van der Waals surface area contributed by atoms with Crippen molar-refractivity contribution < 1.29 is 13.5 Å². The maximum atomic E-state index is 11.2. The van der Waals surface area contributed by atoms with E-state index in [0.717, 1.165) is 5.56 Å². The van der Waals surface area contributed by atoms with Crippen LogP contribution in [-0.2, 0) is 16.4 Å². The molecule has 0 radical (unpaired) electrons. The van der Waals surface area contributed by atoms with Crippen molar-refractivity contribution in [2.24, 2.45) is 0 Å². The van der Waals surface area contributed by atoms with Gasteiger partial charge >= 0.3 is 0 Å². The summed E-state index contributed by atoms with van der Waals surface area (Å²) >= 11 is 0. The van der Waals surface area contributed by atoms with Crippen molar-refractivity contribution in [1.82, 2.24) is 5.32 Å². The molecule has 5 heteroatoms. The Balaban J connectivity index is 2.19. The van der Waals surface area contributed by atoms with Gasteiger partial charge in [-0.1, -0.05) is 19.1 Å². The molecule has 0 saturated heterocycles. The van der Waals surface area contributed by atoms with E-state index in [9.17, 15) is 8.42 Å². The molecule has 0 unspecified atom stereocenters. The van der Waals surface area contributed by atoms with Crippen molar-refractivity contribution in [3.05, 3.63) is 29.8 Å². The Morgan fingerprint density at radius 1 is 1.24 bits per heavy atom. The fourth-order valence-electron chi connectivity index (χ4n) is 1.41. The van der Waals surface area contributed by atoms with Crippen LogP contribution < -0.4 is 5.32 Å². The van der Waals surface area contributed by atoms with Gasteiger partial charge in [-0.15, -0.1) is 0 Å². The standard InChI is InChI=1S/C12H19NO3S/c1-2-17(15,16)9-3-8-13-10-11-4-6-12(14)7-5-11/h4-7,13-14H,2-3,8-10H2,1H3. The lowest BCUT2D eigenvalue weighted by Crippen LogP contribution is -2.18. The van der Waals surface area contributed by atoms with E-state index in [0.29, 0.717) is 19.5 Å². The number of hydrogen-bond donors (Lipinski definition) is 2. The van der Waals surface area contributed by atoms with Gasteiger partial charge in [0.1, 0.15) is 15.6 Å².